The van der Waals surface area contributed by atoms with Crippen LogP contribution in [0.3, 0.4) is 0 Å². The maximum absolute atomic E-state index is 4.40. The highest BCUT2D eigenvalue weighted by Crippen LogP contribution is 2.11. The van der Waals surface area contributed by atoms with Crippen molar-refractivity contribution in [3.63, 3.8) is 0 Å². The van der Waals surface area contributed by atoms with Crippen LogP contribution in [0.4, 0.5) is 0 Å². The van der Waals surface area contributed by atoms with Crippen molar-refractivity contribution >= 4 is 6.21 Å². The molecule has 1 fully saturated rings. The average molecular weight is 154 g/mol. The van der Waals surface area contributed by atoms with Gasteiger partial charge >= 0.3 is 0 Å². The number of hydrogen-bond donors (Lipinski definition) is 0. The average Bonchev–Trinajstić information content (AvgIpc) is 2.32. The van der Waals surface area contributed by atoms with Crippen LogP contribution in [-0.4, -0.2) is 24.3 Å². The second-order valence-electron chi connectivity index (χ2n) is 4.27. The predicted octanol–water partition coefficient (Wildman–Crippen LogP) is 2.11. The van der Waals surface area contributed by atoms with Crippen molar-refractivity contribution in [1.82, 2.24) is 5.01 Å². The molecule has 1 aliphatic rings. The third-order valence-corrected chi connectivity index (χ3v) is 1.69. The molecule has 1 saturated heterocycles. The third kappa shape index (κ3) is 3.40. The molecular weight excluding hydrogens is 136 g/mol. The van der Waals surface area contributed by atoms with Gasteiger partial charge in [0.15, 0.2) is 0 Å². The summed E-state index contributed by atoms with van der Waals surface area (Å²) in [6.45, 7) is 8.81. The fourth-order valence-electron chi connectivity index (χ4n) is 1.07. The van der Waals surface area contributed by atoms with Gasteiger partial charge in [-0.25, -0.2) is 0 Å². The molecule has 1 aliphatic heterocycles. The lowest BCUT2D eigenvalue weighted by Gasteiger charge is -2.14. The van der Waals surface area contributed by atoms with E-state index >= 15 is 0 Å². The van der Waals surface area contributed by atoms with Crippen molar-refractivity contribution in [2.75, 3.05) is 13.1 Å². The van der Waals surface area contributed by atoms with Crippen LogP contribution in [0.5, 0.6) is 0 Å². The molecule has 0 radical (unpaired) electrons. The standard InChI is InChI=1S/C9H18N2/c1-9(2,3)8-10-11-6-4-5-7-11/h8H,4-7H2,1-3H3. The van der Waals surface area contributed by atoms with Crippen molar-refractivity contribution < 1.29 is 0 Å². The summed E-state index contributed by atoms with van der Waals surface area (Å²) in [6, 6.07) is 0. The highest BCUT2D eigenvalue weighted by atomic mass is 15.5. The molecule has 2 heteroatoms. The number of hydrogen-bond acceptors (Lipinski definition) is 2. The van der Waals surface area contributed by atoms with Crippen LogP contribution >= 0.6 is 0 Å². The van der Waals surface area contributed by atoms with Crippen molar-refractivity contribution in [3.8, 4) is 0 Å². The maximum atomic E-state index is 4.40. The van der Waals surface area contributed by atoms with Gasteiger partial charge in [0.1, 0.15) is 0 Å². The summed E-state index contributed by atoms with van der Waals surface area (Å²) in [6.07, 6.45) is 4.65. The van der Waals surface area contributed by atoms with Crippen LogP contribution in [0.1, 0.15) is 33.6 Å². The molecule has 2 nitrogen and oxygen atoms in total. The molecule has 0 atom stereocenters. The van der Waals surface area contributed by atoms with Gasteiger partial charge in [0.05, 0.1) is 0 Å². The Labute approximate surface area is 69.3 Å². The van der Waals surface area contributed by atoms with Gasteiger partial charge in [-0.2, -0.15) is 5.10 Å². The minimum Gasteiger partial charge on any atom is -0.297 e. The lowest BCUT2D eigenvalue weighted by molar-refractivity contribution is 0.356. The summed E-state index contributed by atoms with van der Waals surface area (Å²) in [4.78, 5) is 0. The molecule has 0 amide bonds. The lowest BCUT2D eigenvalue weighted by atomic mass is 9.99. The van der Waals surface area contributed by atoms with E-state index in [9.17, 15) is 0 Å². The van der Waals surface area contributed by atoms with Crippen molar-refractivity contribution in [2.45, 2.75) is 33.6 Å². The topological polar surface area (TPSA) is 15.6 Å². The first-order valence-corrected chi connectivity index (χ1v) is 4.38. The molecule has 1 heterocycles. The van der Waals surface area contributed by atoms with Crippen molar-refractivity contribution in [3.05, 3.63) is 0 Å². The van der Waals surface area contributed by atoms with Gasteiger partial charge in [-0.1, -0.05) is 20.8 Å². The van der Waals surface area contributed by atoms with Gasteiger partial charge in [0.2, 0.25) is 0 Å². The Morgan fingerprint density at radius 1 is 1.18 bits per heavy atom. The zero-order valence-electron chi connectivity index (χ0n) is 7.80. The second-order valence-corrected chi connectivity index (χ2v) is 4.27. The third-order valence-electron chi connectivity index (χ3n) is 1.69. The predicted molar refractivity (Wildman–Crippen MR) is 48.8 cm³/mol. The fourth-order valence-corrected chi connectivity index (χ4v) is 1.07. The van der Waals surface area contributed by atoms with Gasteiger partial charge < -0.3 is 0 Å². The summed E-state index contributed by atoms with van der Waals surface area (Å²) in [5, 5.41) is 6.56. The molecule has 0 saturated carbocycles. The van der Waals surface area contributed by atoms with Gasteiger partial charge in [-0.05, 0) is 18.3 Å². The van der Waals surface area contributed by atoms with Crippen LogP contribution < -0.4 is 0 Å². The van der Waals surface area contributed by atoms with Crippen LogP contribution in [-0.2, 0) is 0 Å². The molecule has 0 aromatic rings. The molecule has 0 aliphatic carbocycles. The minimum absolute atomic E-state index is 0.225. The van der Waals surface area contributed by atoms with Crippen LogP contribution in [0.2, 0.25) is 0 Å². The minimum atomic E-state index is 0.225. The largest absolute Gasteiger partial charge is 0.297 e. The van der Waals surface area contributed by atoms with Crippen LogP contribution in [0, 0.1) is 5.41 Å². The summed E-state index contributed by atoms with van der Waals surface area (Å²) < 4.78 is 0. The molecule has 1 rings (SSSR count). The first-order valence-electron chi connectivity index (χ1n) is 4.38. The van der Waals surface area contributed by atoms with E-state index in [1.54, 1.807) is 0 Å². The Bertz CT molecular complexity index is 138. The van der Waals surface area contributed by atoms with E-state index in [0.29, 0.717) is 0 Å². The number of nitrogens with zero attached hydrogens (tertiary/aromatic N) is 2. The second kappa shape index (κ2) is 3.24. The van der Waals surface area contributed by atoms with Gasteiger partial charge in [-0.15, -0.1) is 0 Å². The molecule has 0 bridgehead atoms. The monoisotopic (exact) mass is 154 g/mol. The van der Waals surface area contributed by atoms with Gasteiger partial charge in [0, 0.05) is 19.3 Å². The summed E-state index contributed by atoms with van der Waals surface area (Å²) in [7, 11) is 0. The number of rotatable bonds is 1. The van der Waals surface area contributed by atoms with E-state index in [1.807, 2.05) is 6.21 Å². The molecule has 0 N–H and O–H groups in total. The van der Waals surface area contributed by atoms with Crippen molar-refractivity contribution in [1.29, 1.82) is 0 Å². The molecule has 0 aromatic heterocycles. The van der Waals surface area contributed by atoms with Crippen LogP contribution in [0.25, 0.3) is 0 Å². The molecule has 0 spiro atoms. The van der Waals surface area contributed by atoms with Gasteiger partial charge in [-0.3, -0.25) is 5.01 Å². The van der Waals surface area contributed by atoms with E-state index in [0.717, 1.165) is 13.1 Å². The van der Waals surface area contributed by atoms with E-state index in [1.165, 1.54) is 12.8 Å². The maximum Gasteiger partial charge on any atom is 0.0360 e. The summed E-state index contributed by atoms with van der Waals surface area (Å²) in [5.74, 6) is 0. The quantitative estimate of drug-likeness (QED) is 0.528. The SMILES string of the molecule is CC(C)(C)C=NN1CCCC1. The Balaban J connectivity index is 2.34. The molecule has 0 aromatic carbocycles. The van der Waals surface area contributed by atoms with Crippen molar-refractivity contribution in [2.24, 2.45) is 10.5 Å². The Morgan fingerprint density at radius 2 is 1.73 bits per heavy atom. The van der Waals surface area contributed by atoms with Gasteiger partial charge in [0.25, 0.3) is 0 Å². The smallest absolute Gasteiger partial charge is 0.0360 e. The molecule has 11 heavy (non-hydrogen) atoms. The highest BCUT2D eigenvalue weighted by Gasteiger charge is 2.10. The first-order chi connectivity index (χ1) is 5.08. The summed E-state index contributed by atoms with van der Waals surface area (Å²) >= 11 is 0. The first kappa shape index (κ1) is 8.57. The molecule has 64 valence electrons. The zero-order chi connectivity index (χ0) is 8.32. The van der Waals surface area contributed by atoms with E-state index in [-0.39, 0.29) is 5.41 Å². The Kier molecular flexibility index (Phi) is 2.53. The van der Waals surface area contributed by atoms with E-state index in [2.05, 4.69) is 30.9 Å². The number of hydrazone groups is 1. The molecule has 0 unspecified atom stereocenters. The zero-order valence-corrected chi connectivity index (χ0v) is 7.80. The fraction of sp³-hybridized carbons (Fsp3) is 0.889. The molecular formula is C9H18N2. The normalized spacial score (nSPS) is 20.1. The van der Waals surface area contributed by atoms with E-state index in [4.69, 9.17) is 0 Å². The van der Waals surface area contributed by atoms with Crippen LogP contribution in [0.15, 0.2) is 5.10 Å². The van der Waals surface area contributed by atoms with E-state index < -0.39 is 0 Å². The Morgan fingerprint density at radius 3 is 2.18 bits per heavy atom. The highest BCUT2D eigenvalue weighted by molar-refractivity contribution is 5.63. The Hall–Kier alpha value is -0.530. The lowest BCUT2D eigenvalue weighted by Crippen LogP contribution is -2.15. The summed E-state index contributed by atoms with van der Waals surface area (Å²) in [5.41, 5.74) is 0.225.